The van der Waals surface area contributed by atoms with Crippen LogP contribution < -0.4 is 4.72 Å². The predicted molar refractivity (Wildman–Crippen MR) is 70.0 cm³/mol. The Morgan fingerprint density at radius 3 is 2.83 bits per heavy atom. The summed E-state index contributed by atoms with van der Waals surface area (Å²) in [4.78, 5) is 3.94. The van der Waals surface area contributed by atoms with E-state index in [9.17, 15) is 13.5 Å². The molecule has 1 fully saturated rings. The Morgan fingerprint density at radius 2 is 2.22 bits per heavy atom. The maximum atomic E-state index is 12.0. The third-order valence-electron chi connectivity index (χ3n) is 3.27. The van der Waals surface area contributed by atoms with Gasteiger partial charge in [0.15, 0.2) is 4.21 Å². The lowest BCUT2D eigenvalue weighted by Crippen LogP contribution is -2.36. The molecule has 1 aromatic heterocycles. The van der Waals surface area contributed by atoms with Gasteiger partial charge in [0.05, 0.1) is 17.3 Å². The summed E-state index contributed by atoms with van der Waals surface area (Å²) in [6.45, 7) is 2.08. The lowest BCUT2D eigenvalue weighted by atomic mass is 9.87. The van der Waals surface area contributed by atoms with Crippen LogP contribution >= 0.6 is 11.3 Å². The van der Waals surface area contributed by atoms with Crippen LogP contribution in [0.1, 0.15) is 30.7 Å². The zero-order valence-corrected chi connectivity index (χ0v) is 11.9. The molecule has 2 N–H and O–H groups in total. The molecule has 0 amide bonds. The van der Waals surface area contributed by atoms with E-state index in [0.29, 0.717) is 6.54 Å². The largest absolute Gasteiger partial charge is 0.393 e. The van der Waals surface area contributed by atoms with Crippen LogP contribution in [0.4, 0.5) is 0 Å². The Balaban J connectivity index is 1.96. The molecule has 18 heavy (non-hydrogen) atoms. The van der Waals surface area contributed by atoms with Crippen molar-refractivity contribution in [3.05, 3.63) is 11.2 Å². The smallest absolute Gasteiger partial charge is 0.251 e. The van der Waals surface area contributed by atoms with Gasteiger partial charge in [-0.1, -0.05) is 12.8 Å². The standard InChI is InChI=1S/C11H18N2O3S2/c1-8-12-7-11(17-8)18(15,16)13-6-9-4-2-3-5-10(9)14/h7,9-10,13-14H,2-6H2,1H3. The van der Waals surface area contributed by atoms with Gasteiger partial charge in [-0.2, -0.15) is 0 Å². The van der Waals surface area contributed by atoms with Crippen LogP contribution in [-0.2, 0) is 10.0 Å². The molecule has 102 valence electrons. The number of aliphatic hydroxyl groups is 1. The molecule has 1 aliphatic rings. The fourth-order valence-electron chi connectivity index (χ4n) is 2.18. The summed E-state index contributed by atoms with van der Waals surface area (Å²) in [6.07, 6.45) is 4.73. The lowest BCUT2D eigenvalue weighted by Gasteiger charge is -2.27. The SMILES string of the molecule is Cc1ncc(S(=O)(=O)NCC2CCCCC2O)s1. The van der Waals surface area contributed by atoms with Crippen LogP contribution in [0.15, 0.2) is 10.4 Å². The van der Waals surface area contributed by atoms with Crippen molar-refractivity contribution in [2.75, 3.05) is 6.54 Å². The Labute approximate surface area is 111 Å². The zero-order chi connectivity index (χ0) is 13.2. The molecule has 1 saturated carbocycles. The van der Waals surface area contributed by atoms with Crippen molar-refractivity contribution in [2.45, 2.75) is 42.9 Å². The second-order valence-electron chi connectivity index (χ2n) is 4.66. The molecule has 0 aliphatic heterocycles. The van der Waals surface area contributed by atoms with Gasteiger partial charge in [0.1, 0.15) is 0 Å². The molecule has 0 bridgehead atoms. The van der Waals surface area contributed by atoms with Gasteiger partial charge in [-0.05, 0) is 25.7 Å². The number of hydrogen-bond acceptors (Lipinski definition) is 5. The van der Waals surface area contributed by atoms with Crippen molar-refractivity contribution in [2.24, 2.45) is 5.92 Å². The van der Waals surface area contributed by atoms with Gasteiger partial charge in [0, 0.05) is 6.54 Å². The van der Waals surface area contributed by atoms with E-state index in [-0.39, 0.29) is 16.2 Å². The first-order valence-corrected chi connectivity index (χ1v) is 8.39. The molecule has 5 nitrogen and oxygen atoms in total. The van der Waals surface area contributed by atoms with E-state index < -0.39 is 10.0 Å². The van der Waals surface area contributed by atoms with E-state index in [0.717, 1.165) is 42.0 Å². The highest BCUT2D eigenvalue weighted by Gasteiger charge is 2.25. The molecule has 0 saturated heterocycles. The highest BCUT2D eigenvalue weighted by molar-refractivity contribution is 7.91. The van der Waals surface area contributed by atoms with Crippen molar-refractivity contribution in [3.8, 4) is 0 Å². The van der Waals surface area contributed by atoms with Gasteiger partial charge in [0.25, 0.3) is 10.0 Å². The van der Waals surface area contributed by atoms with Crippen LogP contribution in [-0.4, -0.2) is 31.2 Å². The van der Waals surface area contributed by atoms with E-state index >= 15 is 0 Å². The average Bonchev–Trinajstić information content (AvgIpc) is 2.76. The summed E-state index contributed by atoms with van der Waals surface area (Å²) in [5.41, 5.74) is 0. The van der Waals surface area contributed by atoms with Gasteiger partial charge < -0.3 is 5.11 Å². The number of aromatic nitrogens is 1. The van der Waals surface area contributed by atoms with Crippen molar-refractivity contribution in [3.63, 3.8) is 0 Å². The highest BCUT2D eigenvalue weighted by Crippen LogP contribution is 2.24. The molecular weight excluding hydrogens is 272 g/mol. The topological polar surface area (TPSA) is 79.3 Å². The average molecular weight is 290 g/mol. The first-order valence-electron chi connectivity index (χ1n) is 6.09. The molecule has 1 heterocycles. The number of aryl methyl sites for hydroxylation is 1. The summed E-state index contributed by atoms with van der Waals surface area (Å²) in [6, 6.07) is 0. The monoisotopic (exact) mass is 290 g/mol. The van der Waals surface area contributed by atoms with Gasteiger partial charge in [-0.25, -0.2) is 18.1 Å². The summed E-state index contributed by atoms with van der Waals surface area (Å²) in [5, 5.41) is 10.5. The summed E-state index contributed by atoms with van der Waals surface area (Å²) >= 11 is 1.16. The second-order valence-corrected chi connectivity index (χ2v) is 7.89. The summed E-state index contributed by atoms with van der Waals surface area (Å²) in [7, 11) is -3.47. The Hall–Kier alpha value is -0.500. The Kier molecular flexibility index (Phi) is 4.37. The summed E-state index contributed by atoms with van der Waals surface area (Å²) in [5.74, 6) is 0.0301. The minimum Gasteiger partial charge on any atom is -0.393 e. The van der Waals surface area contributed by atoms with Crippen molar-refractivity contribution in [1.29, 1.82) is 0 Å². The third kappa shape index (κ3) is 3.28. The van der Waals surface area contributed by atoms with Crippen LogP contribution in [0, 0.1) is 12.8 Å². The molecule has 0 spiro atoms. The van der Waals surface area contributed by atoms with Crippen molar-refractivity contribution < 1.29 is 13.5 Å². The predicted octanol–water partition coefficient (Wildman–Crippen LogP) is 1.28. The maximum Gasteiger partial charge on any atom is 0.251 e. The molecule has 2 atom stereocenters. The minimum atomic E-state index is -3.47. The van der Waals surface area contributed by atoms with Gasteiger partial charge in [-0.3, -0.25) is 0 Å². The molecule has 2 unspecified atom stereocenters. The van der Waals surface area contributed by atoms with Crippen LogP contribution in [0.3, 0.4) is 0 Å². The molecule has 7 heteroatoms. The van der Waals surface area contributed by atoms with E-state index in [2.05, 4.69) is 9.71 Å². The van der Waals surface area contributed by atoms with E-state index in [1.807, 2.05) is 0 Å². The molecule has 0 radical (unpaired) electrons. The van der Waals surface area contributed by atoms with Crippen LogP contribution in [0.2, 0.25) is 0 Å². The Morgan fingerprint density at radius 1 is 1.50 bits per heavy atom. The first-order chi connectivity index (χ1) is 8.49. The Bertz CT molecular complexity index is 498. The van der Waals surface area contributed by atoms with Crippen LogP contribution in [0.25, 0.3) is 0 Å². The fourth-order valence-corrected chi connectivity index (χ4v) is 4.43. The fraction of sp³-hybridized carbons (Fsp3) is 0.727. The highest BCUT2D eigenvalue weighted by atomic mass is 32.2. The third-order valence-corrected chi connectivity index (χ3v) is 6.07. The quantitative estimate of drug-likeness (QED) is 0.875. The number of rotatable bonds is 4. The van der Waals surface area contributed by atoms with E-state index in [1.54, 1.807) is 6.92 Å². The van der Waals surface area contributed by atoms with Crippen LogP contribution in [0.5, 0.6) is 0 Å². The lowest BCUT2D eigenvalue weighted by molar-refractivity contribution is 0.0724. The van der Waals surface area contributed by atoms with Crippen molar-refractivity contribution in [1.82, 2.24) is 9.71 Å². The number of thiazole rings is 1. The molecule has 2 rings (SSSR count). The van der Waals surface area contributed by atoms with Gasteiger partial charge >= 0.3 is 0 Å². The second kappa shape index (κ2) is 5.64. The molecular formula is C11H18N2O3S2. The number of nitrogens with one attached hydrogen (secondary N) is 1. The van der Waals surface area contributed by atoms with E-state index in [1.165, 1.54) is 6.20 Å². The first kappa shape index (κ1) is 13.9. The van der Waals surface area contributed by atoms with E-state index in [4.69, 9.17) is 0 Å². The maximum absolute atomic E-state index is 12.0. The number of aliphatic hydroxyl groups excluding tert-OH is 1. The van der Waals surface area contributed by atoms with Gasteiger partial charge in [-0.15, -0.1) is 11.3 Å². The minimum absolute atomic E-state index is 0.0301. The van der Waals surface area contributed by atoms with Crippen molar-refractivity contribution >= 4 is 21.4 Å². The molecule has 1 aliphatic carbocycles. The number of nitrogens with zero attached hydrogens (tertiary/aromatic N) is 1. The normalized spacial score (nSPS) is 25.2. The molecule has 0 aromatic carbocycles. The summed E-state index contributed by atoms with van der Waals surface area (Å²) < 4.78 is 26.8. The molecule has 1 aromatic rings. The zero-order valence-electron chi connectivity index (χ0n) is 10.3. The van der Waals surface area contributed by atoms with Gasteiger partial charge in [0.2, 0.25) is 0 Å². The number of sulfonamides is 1. The number of hydrogen-bond donors (Lipinski definition) is 2.